The number of carbonyl (C=O) groups is 2. The van der Waals surface area contributed by atoms with E-state index in [0.29, 0.717) is 17.7 Å². The van der Waals surface area contributed by atoms with Crippen LogP contribution in [0.25, 0.3) is 6.08 Å². The zero-order valence-corrected chi connectivity index (χ0v) is 17.7. The molecule has 1 aromatic heterocycles. The Balaban J connectivity index is 1.66. The molecule has 0 unspecified atom stereocenters. The second-order valence-corrected chi connectivity index (χ2v) is 8.14. The second kappa shape index (κ2) is 8.91. The highest BCUT2D eigenvalue weighted by molar-refractivity contribution is 6.08. The van der Waals surface area contributed by atoms with Gasteiger partial charge in [0.15, 0.2) is 0 Å². The van der Waals surface area contributed by atoms with Crippen LogP contribution in [-0.2, 0) is 16.0 Å². The summed E-state index contributed by atoms with van der Waals surface area (Å²) < 4.78 is 5.26. The fraction of sp³-hybridized carbons (Fsp3) is 0.240. The van der Waals surface area contributed by atoms with Crippen LogP contribution in [0, 0.1) is 6.92 Å². The van der Waals surface area contributed by atoms with E-state index in [1.54, 1.807) is 18.2 Å². The average molecular weight is 402 g/mol. The molecule has 0 saturated carbocycles. The first-order valence-corrected chi connectivity index (χ1v) is 9.86. The van der Waals surface area contributed by atoms with Gasteiger partial charge in [-0.15, -0.1) is 0 Å². The molecule has 3 rings (SSSR count). The van der Waals surface area contributed by atoms with E-state index in [-0.39, 0.29) is 11.8 Å². The van der Waals surface area contributed by atoms with Gasteiger partial charge in [0.2, 0.25) is 5.78 Å². The van der Waals surface area contributed by atoms with Gasteiger partial charge >= 0.3 is 5.97 Å². The molecule has 0 aliphatic heterocycles. The lowest BCUT2D eigenvalue weighted by Crippen LogP contribution is -2.22. The molecule has 0 fully saturated rings. The van der Waals surface area contributed by atoms with E-state index >= 15 is 0 Å². The maximum atomic E-state index is 12.7. The molecule has 5 heteroatoms. The molecule has 0 atom stereocenters. The van der Waals surface area contributed by atoms with E-state index in [1.807, 2.05) is 70.2 Å². The summed E-state index contributed by atoms with van der Waals surface area (Å²) in [6, 6.07) is 17.0. The Bertz CT molecular complexity index is 1060. The Kier molecular flexibility index (Phi) is 6.31. The highest BCUT2D eigenvalue weighted by Crippen LogP contribution is 2.16. The number of nitrogens with one attached hydrogen (secondary N) is 1. The number of hydrogen-bond acceptors (Lipinski definition) is 4. The molecule has 1 heterocycles. The molecule has 154 valence electrons. The van der Waals surface area contributed by atoms with Gasteiger partial charge in [0.05, 0.1) is 0 Å². The molecule has 3 aromatic rings. The quantitative estimate of drug-likeness (QED) is 0.362. The van der Waals surface area contributed by atoms with E-state index in [9.17, 15) is 9.59 Å². The Morgan fingerprint density at radius 3 is 2.33 bits per heavy atom. The summed E-state index contributed by atoms with van der Waals surface area (Å²) in [5, 5.41) is 0. The first kappa shape index (κ1) is 21.2. The number of H-pyrrole nitrogens is 1. The highest BCUT2D eigenvalue weighted by atomic mass is 16.6. The lowest BCUT2D eigenvalue weighted by atomic mass is 10.1. The maximum absolute atomic E-state index is 12.7. The number of aromatic nitrogens is 2. The molecular weight excluding hydrogens is 376 g/mol. The highest BCUT2D eigenvalue weighted by Gasteiger charge is 2.17. The second-order valence-electron chi connectivity index (χ2n) is 8.14. The largest absolute Gasteiger partial charge is 0.457 e. The van der Waals surface area contributed by atoms with Crippen molar-refractivity contribution in [2.24, 2.45) is 0 Å². The summed E-state index contributed by atoms with van der Waals surface area (Å²) in [6.07, 6.45) is 3.74. The lowest BCUT2D eigenvalue weighted by molar-refractivity contribution is -0.148. The predicted octanol–water partition coefficient (Wildman–Crippen LogP) is 4.89. The van der Waals surface area contributed by atoms with E-state index in [2.05, 4.69) is 9.97 Å². The van der Waals surface area contributed by atoms with Gasteiger partial charge in [-0.1, -0.05) is 54.6 Å². The Hall–Kier alpha value is -3.47. The number of carbonyl (C=O) groups excluding carboxylic acids is 2. The minimum Gasteiger partial charge on any atom is -0.457 e. The van der Waals surface area contributed by atoms with Crippen molar-refractivity contribution in [1.29, 1.82) is 0 Å². The monoisotopic (exact) mass is 402 g/mol. The van der Waals surface area contributed by atoms with Crippen LogP contribution in [0.15, 0.2) is 60.7 Å². The summed E-state index contributed by atoms with van der Waals surface area (Å²) in [6.45, 7) is 7.37. The zero-order chi connectivity index (χ0) is 21.7. The summed E-state index contributed by atoms with van der Waals surface area (Å²) >= 11 is 0. The number of esters is 1. The summed E-state index contributed by atoms with van der Waals surface area (Å²) in [7, 11) is 0. The van der Waals surface area contributed by atoms with Gasteiger partial charge in [0, 0.05) is 23.8 Å². The fourth-order valence-corrected chi connectivity index (χ4v) is 2.99. The number of ketones is 1. The summed E-state index contributed by atoms with van der Waals surface area (Å²) in [5.74, 6) is 0.287. The Morgan fingerprint density at radius 2 is 1.70 bits per heavy atom. The first-order chi connectivity index (χ1) is 14.2. The number of aromatic amines is 1. The molecule has 30 heavy (non-hydrogen) atoms. The third-order valence-corrected chi connectivity index (χ3v) is 4.35. The topological polar surface area (TPSA) is 72.1 Å². The molecule has 0 amide bonds. The van der Waals surface area contributed by atoms with Crippen LogP contribution in [0.1, 0.15) is 59.5 Å². The van der Waals surface area contributed by atoms with E-state index in [0.717, 1.165) is 22.6 Å². The minimum absolute atomic E-state index is 0.0850. The molecule has 1 N–H and O–H groups in total. The van der Waals surface area contributed by atoms with Crippen molar-refractivity contribution < 1.29 is 14.3 Å². The normalized spacial score (nSPS) is 11.6. The lowest BCUT2D eigenvalue weighted by Gasteiger charge is -2.17. The van der Waals surface area contributed by atoms with Crippen molar-refractivity contribution in [1.82, 2.24) is 9.97 Å². The molecule has 0 bridgehead atoms. The summed E-state index contributed by atoms with van der Waals surface area (Å²) in [5.41, 5.74) is 3.29. The van der Waals surface area contributed by atoms with Crippen LogP contribution in [-0.4, -0.2) is 27.3 Å². The molecule has 0 aliphatic carbocycles. The van der Waals surface area contributed by atoms with Crippen molar-refractivity contribution in [2.45, 2.75) is 39.7 Å². The number of rotatable bonds is 6. The van der Waals surface area contributed by atoms with Gasteiger partial charge in [0.1, 0.15) is 17.1 Å². The van der Waals surface area contributed by atoms with Crippen LogP contribution in [0.4, 0.5) is 0 Å². The molecule has 0 radical (unpaired) electrons. The van der Waals surface area contributed by atoms with Crippen molar-refractivity contribution in [2.75, 3.05) is 0 Å². The van der Waals surface area contributed by atoms with E-state index in [1.165, 1.54) is 6.08 Å². The standard InChI is InChI=1S/C25H26N2O3/c1-17-23(24(29)20-8-6-5-7-9-20)27-21(26-17)16-19-12-10-18(11-13-19)14-15-22(28)30-25(2,3)4/h5-15H,16H2,1-4H3,(H,26,27). The SMILES string of the molecule is Cc1[nH]c(Cc2ccc(C=CC(=O)OC(C)(C)C)cc2)nc1C(=O)c1ccccc1. The Labute approximate surface area is 176 Å². The van der Waals surface area contributed by atoms with Gasteiger partial charge in [0.25, 0.3) is 0 Å². The van der Waals surface area contributed by atoms with Crippen molar-refractivity contribution in [3.05, 3.63) is 94.6 Å². The predicted molar refractivity (Wildman–Crippen MR) is 117 cm³/mol. The first-order valence-electron chi connectivity index (χ1n) is 9.86. The number of hydrogen-bond donors (Lipinski definition) is 1. The minimum atomic E-state index is -0.507. The number of ether oxygens (including phenoxy) is 1. The molecular formula is C25H26N2O3. The molecule has 0 spiro atoms. The summed E-state index contributed by atoms with van der Waals surface area (Å²) in [4.78, 5) is 32.2. The number of aryl methyl sites for hydroxylation is 1. The van der Waals surface area contributed by atoms with Crippen LogP contribution >= 0.6 is 0 Å². The molecule has 0 saturated heterocycles. The average Bonchev–Trinajstić information content (AvgIpc) is 3.06. The van der Waals surface area contributed by atoms with Gasteiger partial charge < -0.3 is 9.72 Å². The fourth-order valence-electron chi connectivity index (χ4n) is 2.99. The van der Waals surface area contributed by atoms with Gasteiger partial charge in [-0.05, 0) is 44.9 Å². The maximum Gasteiger partial charge on any atom is 0.331 e. The van der Waals surface area contributed by atoms with Crippen LogP contribution < -0.4 is 0 Å². The molecule has 2 aromatic carbocycles. The molecule has 5 nitrogen and oxygen atoms in total. The smallest absolute Gasteiger partial charge is 0.331 e. The van der Waals surface area contributed by atoms with Crippen LogP contribution in [0.2, 0.25) is 0 Å². The zero-order valence-electron chi connectivity index (χ0n) is 17.7. The van der Waals surface area contributed by atoms with Crippen molar-refractivity contribution in [3.63, 3.8) is 0 Å². The van der Waals surface area contributed by atoms with Crippen molar-refractivity contribution in [3.8, 4) is 0 Å². The molecule has 0 aliphatic rings. The van der Waals surface area contributed by atoms with Gasteiger partial charge in [-0.2, -0.15) is 0 Å². The Morgan fingerprint density at radius 1 is 1.03 bits per heavy atom. The van der Waals surface area contributed by atoms with E-state index < -0.39 is 5.60 Å². The van der Waals surface area contributed by atoms with Crippen molar-refractivity contribution >= 4 is 17.8 Å². The number of nitrogens with zero attached hydrogens (tertiary/aromatic N) is 1. The van der Waals surface area contributed by atoms with Crippen LogP contribution in [0.3, 0.4) is 0 Å². The van der Waals surface area contributed by atoms with Crippen LogP contribution in [0.5, 0.6) is 0 Å². The van der Waals surface area contributed by atoms with E-state index in [4.69, 9.17) is 4.74 Å². The number of benzene rings is 2. The third-order valence-electron chi connectivity index (χ3n) is 4.35. The third kappa shape index (κ3) is 5.77. The van der Waals surface area contributed by atoms with Gasteiger partial charge in [-0.3, -0.25) is 4.79 Å². The number of imidazole rings is 1. The van der Waals surface area contributed by atoms with Gasteiger partial charge in [-0.25, -0.2) is 9.78 Å².